The Balaban J connectivity index is 0.00000289. The third-order valence-electron chi connectivity index (χ3n) is 5.90. The molecule has 172 valence electrons. The first-order chi connectivity index (χ1) is 14.9. The van der Waals surface area contributed by atoms with E-state index in [1.165, 1.54) is 12.8 Å². The molecule has 1 saturated carbocycles. The number of aryl methyl sites for hydroxylation is 2. The monoisotopic (exact) mass is 496 g/mol. The SMILES string of the molecule is CCCN(CC(c1ccc(C)c(F)c1)C1CC1)c1nc(C)n(-c2ccc(Cl)cc2Cl)n1.Cl. The summed E-state index contributed by atoms with van der Waals surface area (Å²) in [4.78, 5) is 6.96. The molecule has 8 heteroatoms. The van der Waals surface area contributed by atoms with E-state index in [0.29, 0.717) is 27.5 Å². The van der Waals surface area contributed by atoms with E-state index in [4.69, 9.17) is 33.3 Å². The molecule has 0 saturated heterocycles. The Morgan fingerprint density at radius 1 is 1.16 bits per heavy atom. The highest BCUT2D eigenvalue weighted by Crippen LogP contribution is 2.43. The molecule has 1 fully saturated rings. The zero-order valence-electron chi connectivity index (χ0n) is 18.5. The van der Waals surface area contributed by atoms with Crippen molar-refractivity contribution in [3.63, 3.8) is 0 Å². The highest BCUT2D eigenvalue weighted by atomic mass is 35.5. The van der Waals surface area contributed by atoms with Crippen LogP contribution in [0.4, 0.5) is 10.3 Å². The highest BCUT2D eigenvalue weighted by Gasteiger charge is 2.34. The minimum absolute atomic E-state index is 0. The molecule has 2 aromatic carbocycles. The largest absolute Gasteiger partial charge is 0.339 e. The second-order valence-corrected chi connectivity index (χ2v) is 9.21. The molecule has 3 aromatic rings. The lowest BCUT2D eigenvalue weighted by atomic mass is 9.92. The zero-order chi connectivity index (χ0) is 22.1. The van der Waals surface area contributed by atoms with Crippen LogP contribution in [0.5, 0.6) is 0 Å². The number of nitrogens with zero attached hydrogens (tertiary/aromatic N) is 4. The van der Waals surface area contributed by atoms with Crippen molar-refractivity contribution in [2.24, 2.45) is 5.92 Å². The number of anilines is 1. The molecule has 4 rings (SSSR count). The van der Waals surface area contributed by atoms with Crippen molar-refractivity contribution in [3.8, 4) is 5.69 Å². The van der Waals surface area contributed by atoms with Gasteiger partial charge < -0.3 is 4.90 Å². The van der Waals surface area contributed by atoms with Crippen LogP contribution in [0, 0.1) is 25.6 Å². The molecule has 1 atom stereocenters. The molecule has 1 aliphatic rings. The standard InChI is InChI=1S/C24H27Cl2FN4.ClH/c1-4-11-30(14-20(17-7-8-17)18-6-5-15(2)22(27)12-18)24-28-16(3)31(29-24)23-10-9-19(25)13-21(23)26;/h5-6,9-10,12-13,17,20H,4,7-8,11,14H2,1-3H3;1H. The molecule has 0 radical (unpaired) electrons. The fourth-order valence-electron chi connectivity index (χ4n) is 4.04. The van der Waals surface area contributed by atoms with E-state index in [9.17, 15) is 4.39 Å². The molecular weight excluding hydrogens is 470 g/mol. The molecule has 1 unspecified atom stereocenters. The van der Waals surface area contributed by atoms with Gasteiger partial charge in [0.05, 0.1) is 10.7 Å². The van der Waals surface area contributed by atoms with Crippen LogP contribution >= 0.6 is 35.6 Å². The van der Waals surface area contributed by atoms with Crippen LogP contribution in [0.3, 0.4) is 0 Å². The molecule has 0 bridgehead atoms. The minimum Gasteiger partial charge on any atom is -0.339 e. The molecular formula is C24H28Cl3FN4. The van der Waals surface area contributed by atoms with E-state index < -0.39 is 0 Å². The molecule has 1 aliphatic carbocycles. The predicted molar refractivity (Wildman–Crippen MR) is 132 cm³/mol. The topological polar surface area (TPSA) is 34.0 Å². The van der Waals surface area contributed by atoms with Crippen LogP contribution < -0.4 is 4.90 Å². The van der Waals surface area contributed by atoms with Gasteiger partial charge in [0.25, 0.3) is 0 Å². The van der Waals surface area contributed by atoms with E-state index in [1.54, 1.807) is 29.8 Å². The summed E-state index contributed by atoms with van der Waals surface area (Å²) in [6.45, 7) is 7.45. The van der Waals surface area contributed by atoms with Gasteiger partial charge in [-0.2, -0.15) is 4.98 Å². The Labute approximate surface area is 205 Å². The average molecular weight is 498 g/mol. The summed E-state index contributed by atoms with van der Waals surface area (Å²) in [6, 6.07) is 11.0. The highest BCUT2D eigenvalue weighted by molar-refractivity contribution is 6.35. The van der Waals surface area contributed by atoms with Gasteiger partial charge >= 0.3 is 0 Å². The first-order valence-corrected chi connectivity index (χ1v) is 11.5. The lowest BCUT2D eigenvalue weighted by Gasteiger charge is -2.27. The third kappa shape index (κ3) is 5.38. The number of aromatic nitrogens is 3. The molecule has 0 amide bonds. The maximum atomic E-state index is 14.3. The lowest BCUT2D eigenvalue weighted by Crippen LogP contribution is -2.31. The lowest BCUT2D eigenvalue weighted by molar-refractivity contribution is 0.560. The molecule has 0 aliphatic heterocycles. The first-order valence-electron chi connectivity index (χ1n) is 10.8. The minimum atomic E-state index is -0.138. The van der Waals surface area contributed by atoms with E-state index in [1.807, 2.05) is 19.1 Å². The Hall–Kier alpha value is -1.82. The molecule has 32 heavy (non-hydrogen) atoms. The van der Waals surface area contributed by atoms with Gasteiger partial charge in [-0.15, -0.1) is 17.5 Å². The Bertz CT molecular complexity index is 1080. The van der Waals surface area contributed by atoms with Crippen molar-refractivity contribution in [1.29, 1.82) is 0 Å². The maximum Gasteiger partial charge on any atom is 0.245 e. The Morgan fingerprint density at radius 2 is 1.91 bits per heavy atom. The van der Waals surface area contributed by atoms with Gasteiger partial charge in [0.2, 0.25) is 5.95 Å². The number of benzene rings is 2. The maximum absolute atomic E-state index is 14.3. The van der Waals surface area contributed by atoms with Crippen LogP contribution in [-0.4, -0.2) is 27.9 Å². The van der Waals surface area contributed by atoms with E-state index in [2.05, 4.69) is 17.9 Å². The van der Waals surface area contributed by atoms with E-state index in [0.717, 1.165) is 36.6 Å². The number of halogens is 4. The van der Waals surface area contributed by atoms with Crippen molar-refractivity contribution >= 4 is 41.6 Å². The van der Waals surface area contributed by atoms with E-state index in [-0.39, 0.29) is 24.1 Å². The summed E-state index contributed by atoms with van der Waals surface area (Å²) in [5.41, 5.74) is 2.49. The van der Waals surface area contributed by atoms with Gasteiger partial charge in [-0.1, -0.05) is 42.3 Å². The third-order valence-corrected chi connectivity index (χ3v) is 6.44. The quantitative estimate of drug-likeness (QED) is 0.331. The van der Waals surface area contributed by atoms with Crippen molar-refractivity contribution in [2.75, 3.05) is 18.0 Å². The second kappa shape index (κ2) is 10.4. The summed E-state index contributed by atoms with van der Waals surface area (Å²) in [5.74, 6) is 2.12. The summed E-state index contributed by atoms with van der Waals surface area (Å²) in [7, 11) is 0. The predicted octanol–water partition coefficient (Wildman–Crippen LogP) is 7.16. The number of hydrogen-bond acceptors (Lipinski definition) is 3. The summed E-state index contributed by atoms with van der Waals surface area (Å²) in [6.07, 6.45) is 3.33. The van der Waals surface area contributed by atoms with Gasteiger partial charge in [-0.05, 0) is 74.4 Å². The van der Waals surface area contributed by atoms with Crippen molar-refractivity contribution < 1.29 is 4.39 Å². The fourth-order valence-corrected chi connectivity index (χ4v) is 4.53. The van der Waals surface area contributed by atoms with Crippen LogP contribution in [0.25, 0.3) is 5.69 Å². The van der Waals surface area contributed by atoms with Gasteiger partial charge in [-0.3, -0.25) is 0 Å². The average Bonchev–Trinajstić information content (AvgIpc) is 3.49. The molecule has 1 aromatic heterocycles. The number of rotatable bonds is 8. The van der Waals surface area contributed by atoms with E-state index >= 15 is 0 Å². The molecule has 0 spiro atoms. The first kappa shape index (κ1) is 24.8. The van der Waals surface area contributed by atoms with Gasteiger partial charge in [-0.25, -0.2) is 9.07 Å². The summed E-state index contributed by atoms with van der Waals surface area (Å²) < 4.78 is 16.0. The van der Waals surface area contributed by atoms with Gasteiger partial charge in [0, 0.05) is 24.0 Å². The summed E-state index contributed by atoms with van der Waals surface area (Å²) in [5, 5.41) is 5.89. The van der Waals surface area contributed by atoms with Crippen LogP contribution in [0.15, 0.2) is 36.4 Å². The van der Waals surface area contributed by atoms with Crippen LogP contribution in [0.2, 0.25) is 10.0 Å². The zero-order valence-corrected chi connectivity index (χ0v) is 20.8. The van der Waals surface area contributed by atoms with Crippen LogP contribution in [0.1, 0.15) is 49.1 Å². The van der Waals surface area contributed by atoms with Crippen LogP contribution in [-0.2, 0) is 0 Å². The van der Waals surface area contributed by atoms with Gasteiger partial charge in [0.15, 0.2) is 0 Å². The van der Waals surface area contributed by atoms with Gasteiger partial charge in [0.1, 0.15) is 11.6 Å². The molecule has 1 heterocycles. The molecule has 4 nitrogen and oxygen atoms in total. The van der Waals surface area contributed by atoms with Crippen molar-refractivity contribution in [2.45, 2.75) is 46.0 Å². The van der Waals surface area contributed by atoms with Crippen molar-refractivity contribution in [3.05, 3.63) is 69.2 Å². The molecule has 0 N–H and O–H groups in total. The summed E-state index contributed by atoms with van der Waals surface area (Å²) >= 11 is 12.5. The van der Waals surface area contributed by atoms with Crippen molar-refractivity contribution in [1.82, 2.24) is 14.8 Å². The second-order valence-electron chi connectivity index (χ2n) is 8.37. The Kier molecular flexibility index (Phi) is 8.07. The number of hydrogen-bond donors (Lipinski definition) is 0. The normalized spacial score (nSPS) is 14.2. The smallest absolute Gasteiger partial charge is 0.245 e. The Morgan fingerprint density at radius 3 is 2.53 bits per heavy atom. The fraction of sp³-hybridized carbons (Fsp3) is 0.417.